The molecule has 0 spiro atoms. The first-order valence-electron chi connectivity index (χ1n) is 7.69. The van der Waals surface area contributed by atoms with E-state index in [-0.39, 0.29) is 5.91 Å². The van der Waals surface area contributed by atoms with Crippen LogP contribution in [0.4, 0.5) is 0 Å². The maximum atomic E-state index is 11.9. The number of aromatic nitrogens is 2. The number of nitrogens with zero attached hydrogens (tertiary/aromatic N) is 2. The Bertz CT molecular complexity index is 447. The van der Waals surface area contributed by atoms with Gasteiger partial charge in [-0.15, -0.1) is 0 Å². The van der Waals surface area contributed by atoms with Crippen molar-refractivity contribution in [2.45, 2.75) is 64.0 Å². The summed E-state index contributed by atoms with van der Waals surface area (Å²) in [5, 5.41) is 7.88. The van der Waals surface area contributed by atoms with Crippen molar-refractivity contribution in [1.82, 2.24) is 15.1 Å². The van der Waals surface area contributed by atoms with Crippen molar-refractivity contribution in [3.05, 3.63) is 17.5 Å². The van der Waals surface area contributed by atoms with Gasteiger partial charge >= 0.3 is 0 Å². The Balaban J connectivity index is 2.15. The fraction of sp³-hybridized carbons (Fsp3) is 0.733. The minimum atomic E-state index is -0.415. The largest absolute Gasteiger partial charge is 0.368 e. The van der Waals surface area contributed by atoms with E-state index in [2.05, 4.69) is 17.3 Å². The molecule has 5 heteroatoms. The molecular formula is C15H26N4O. The normalized spacial score (nSPS) is 18.7. The predicted molar refractivity (Wildman–Crippen MR) is 79.1 cm³/mol. The number of aryl methyl sites for hydroxylation is 2. The van der Waals surface area contributed by atoms with E-state index in [4.69, 9.17) is 5.73 Å². The molecule has 1 aliphatic rings. The van der Waals surface area contributed by atoms with Crippen LogP contribution in [-0.2, 0) is 18.3 Å². The molecule has 1 aromatic heterocycles. The standard InChI is InChI=1S/C15H26N4O/c1-3-13-12(10-19(2)18-13)14(15(16)20)17-11-8-6-4-5-7-9-11/h10-11,14,17H,3-9H2,1-2H3,(H2,16,20). The Hall–Kier alpha value is -1.36. The molecule has 1 unspecified atom stereocenters. The second kappa shape index (κ2) is 6.88. The van der Waals surface area contributed by atoms with E-state index in [1.165, 1.54) is 25.7 Å². The van der Waals surface area contributed by atoms with Gasteiger partial charge < -0.3 is 5.73 Å². The van der Waals surface area contributed by atoms with Gasteiger partial charge in [-0.05, 0) is 19.3 Å². The van der Waals surface area contributed by atoms with Crippen LogP contribution in [0.2, 0.25) is 0 Å². The Kier molecular flexibility index (Phi) is 5.17. The van der Waals surface area contributed by atoms with Gasteiger partial charge in [0.2, 0.25) is 5.91 Å². The quantitative estimate of drug-likeness (QED) is 0.807. The van der Waals surface area contributed by atoms with Gasteiger partial charge in [-0.1, -0.05) is 32.6 Å². The first-order chi connectivity index (χ1) is 9.61. The molecule has 1 atom stereocenters. The molecule has 3 N–H and O–H groups in total. The van der Waals surface area contributed by atoms with Crippen molar-refractivity contribution < 1.29 is 4.79 Å². The number of nitrogens with one attached hydrogen (secondary N) is 1. The van der Waals surface area contributed by atoms with E-state index >= 15 is 0 Å². The van der Waals surface area contributed by atoms with Crippen LogP contribution in [0.3, 0.4) is 0 Å². The number of hydrogen-bond donors (Lipinski definition) is 2. The number of rotatable bonds is 5. The Morgan fingerprint density at radius 2 is 2.10 bits per heavy atom. The lowest BCUT2D eigenvalue weighted by Gasteiger charge is -2.22. The molecule has 0 radical (unpaired) electrons. The molecule has 5 nitrogen and oxygen atoms in total. The number of hydrogen-bond acceptors (Lipinski definition) is 3. The van der Waals surface area contributed by atoms with Gasteiger partial charge in [-0.25, -0.2) is 0 Å². The molecule has 1 fully saturated rings. The molecule has 0 saturated heterocycles. The summed E-state index contributed by atoms with van der Waals surface area (Å²) in [6.07, 6.45) is 10.0. The van der Waals surface area contributed by atoms with E-state index in [0.717, 1.165) is 30.5 Å². The van der Waals surface area contributed by atoms with Crippen LogP contribution < -0.4 is 11.1 Å². The summed E-state index contributed by atoms with van der Waals surface area (Å²) >= 11 is 0. The lowest BCUT2D eigenvalue weighted by molar-refractivity contribution is -0.120. The van der Waals surface area contributed by atoms with E-state index in [0.29, 0.717) is 6.04 Å². The van der Waals surface area contributed by atoms with Gasteiger partial charge in [0, 0.05) is 24.8 Å². The van der Waals surface area contributed by atoms with Crippen LogP contribution in [0, 0.1) is 0 Å². The molecule has 1 aromatic rings. The van der Waals surface area contributed by atoms with E-state index in [9.17, 15) is 4.79 Å². The topological polar surface area (TPSA) is 72.9 Å². The Morgan fingerprint density at radius 3 is 2.65 bits per heavy atom. The highest BCUT2D eigenvalue weighted by Gasteiger charge is 2.26. The molecular weight excluding hydrogens is 252 g/mol. The van der Waals surface area contributed by atoms with Crippen molar-refractivity contribution in [2.24, 2.45) is 12.8 Å². The summed E-state index contributed by atoms with van der Waals surface area (Å²) in [5.74, 6) is -0.308. The summed E-state index contributed by atoms with van der Waals surface area (Å²) in [7, 11) is 1.88. The molecule has 20 heavy (non-hydrogen) atoms. The molecule has 0 aromatic carbocycles. The van der Waals surface area contributed by atoms with E-state index < -0.39 is 6.04 Å². The fourth-order valence-electron chi connectivity index (χ4n) is 3.08. The minimum absolute atomic E-state index is 0.308. The van der Waals surface area contributed by atoms with Gasteiger partial charge in [0.05, 0.1) is 5.69 Å². The summed E-state index contributed by atoms with van der Waals surface area (Å²) in [4.78, 5) is 11.9. The average molecular weight is 278 g/mol. The molecule has 1 heterocycles. The molecule has 1 amide bonds. The Morgan fingerprint density at radius 1 is 1.45 bits per heavy atom. The van der Waals surface area contributed by atoms with E-state index in [1.54, 1.807) is 4.68 Å². The first-order valence-corrected chi connectivity index (χ1v) is 7.69. The predicted octanol–water partition coefficient (Wildman–Crippen LogP) is 1.82. The van der Waals surface area contributed by atoms with Crippen molar-refractivity contribution in [3.8, 4) is 0 Å². The zero-order valence-corrected chi connectivity index (χ0v) is 12.6. The Labute approximate surface area is 120 Å². The molecule has 0 bridgehead atoms. The van der Waals surface area contributed by atoms with Crippen LogP contribution >= 0.6 is 0 Å². The monoisotopic (exact) mass is 278 g/mol. The highest BCUT2D eigenvalue weighted by atomic mass is 16.1. The maximum Gasteiger partial charge on any atom is 0.239 e. The van der Waals surface area contributed by atoms with Gasteiger partial charge in [-0.3, -0.25) is 14.8 Å². The molecule has 0 aliphatic heterocycles. The average Bonchev–Trinajstić information content (AvgIpc) is 2.63. The van der Waals surface area contributed by atoms with Crippen molar-refractivity contribution in [2.75, 3.05) is 0 Å². The zero-order valence-electron chi connectivity index (χ0n) is 12.6. The number of nitrogens with two attached hydrogens (primary N) is 1. The lowest BCUT2D eigenvalue weighted by atomic mass is 10.0. The second-order valence-electron chi connectivity index (χ2n) is 5.75. The van der Waals surface area contributed by atoms with Crippen LogP contribution in [-0.4, -0.2) is 21.7 Å². The summed E-state index contributed by atoms with van der Waals surface area (Å²) < 4.78 is 1.76. The number of amides is 1. The molecule has 1 saturated carbocycles. The fourth-order valence-corrected chi connectivity index (χ4v) is 3.08. The lowest BCUT2D eigenvalue weighted by Crippen LogP contribution is -2.40. The van der Waals surface area contributed by atoms with Gasteiger partial charge in [0.25, 0.3) is 0 Å². The van der Waals surface area contributed by atoms with Crippen molar-refractivity contribution in [3.63, 3.8) is 0 Å². The summed E-state index contributed by atoms with van der Waals surface area (Å²) in [6.45, 7) is 2.05. The van der Waals surface area contributed by atoms with E-state index in [1.807, 2.05) is 13.2 Å². The second-order valence-corrected chi connectivity index (χ2v) is 5.75. The SMILES string of the molecule is CCc1nn(C)cc1C(NC1CCCCCC1)C(N)=O. The number of carbonyl (C=O) groups is 1. The van der Waals surface area contributed by atoms with Crippen LogP contribution in [0.25, 0.3) is 0 Å². The van der Waals surface area contributed by atoms with Gasteiger partial charge in [-0.2, -0.15) is 5.10 Å². The van der Waals surface area contributed by atoms with Gasteiger partial charge in [0.1, 0.15) is 6.04 Å². The zero-order chi connectivity index (χ0) is 14.5. The first kappa shape index (κ1) is 15.0. The highest BCUT2D eigenvalue weighted by molar-refractivity contribution is 5.81. The number of primary amides is 1. The molecule has 1 aliphatic carbocycles. The molecule has 112 valence electrons. The van der Waals surface area contributed by atoms with Crippen molar-refractivity contribution in [1.29, 1.82) is 0 Å². The van der Waals surface area contributed by atoms with Crippen LogP contribution in [0.5, 0.6) is 0 Å². The maximum absolute atomic E-state index is 11.9. The van der Waals surface area contributed by atoms with Crippen LogP contribution in [0.1, 0.15) is 62.7 Å². The smallest absolute Gasteiger partial charge is 0.239 e. The third kappa shape index (κ3) is 3.60. The molecule has 2 rings (SSSR count). The number of carbonyl (C=O) groups excluding carboxylic acids is 1. The third-order valence-electron chi connectivity index (χ3n) is 4.13. The third-order valence-corrected chi connectivity index (χ3v) is 4.13. The van der Waals surface area contributed by atoms with Gasteiger partial charge in [0.15, 0.2) is 0 Å². The van der Waals surface area contributed by atoms with Crippen molar-refractivity contribution >= 4 is 5.91 Å². The van der Waals surface area contributed by atoms with Crippen LogP contribution in [0.15, 0.2) is 6.20 Å². The minimum Gasteiger partial charge on any atom is -0.368 e. The highest BCUT2D eigenvalue weighted by Crippen LogP contribution is 2.23. The summed E-state index contributed by atoms with van der Waals surface area (Å²) in [5.41, 5.74) is 7.51. The summed E-state index contributed by atoms with van der Waals surface area (Å²) in [6, 6.07) is -0.0262.